The molecule has 26 heavy (non-hydrogen) atoms. The van der Waals surface area contributed by atoms with Crippen LogP contribution < -0.4 is 14.4 Å². The maximum Gasteiger partial charge on any atom is 0.271 e. The summed E-state index contributed by atoms with van der Waals surface area (Å²) in [4.78, 5) is 24.9. The number of hydrogen-bond donors (Lipinski definition) is 0. The van der Waals surface area contributed by atoms with Crippen molar-refractivity contribution in [1.82, 2.24) is 0 Å². The van der Waals surface area contributed by atoms with Crippen LogP contribution in [0.2, 0.25) is 0 Å². The molecule has 7 heteroatoms. The van der Waals surface area contributed by atoms with Gasteiger partial charge in [0, 0.05) is 31.2 Å². The molecule has 0 radical (unpaired) electrons. The smallest absolute Gasteiger partial charge is 0.271 e. The lowest BCUT2D eigenvalue weighted by atomic mass is 10.1. The molecule has 0 saturated heterocycles. The van der Waals surface area contributed by atoms with Gasteiger partial charge in [0.1, 0.15) is 11.5 Å². The van der Waals surface area contributed by atoms with Gasteiger partial charge < -0.3 is 14.4 Å². The molecular formula is C19H20N2O5. The van der Waals surface area contributed by atoms with E-state index < -0.39 is 4.92 Å². The average Bonchev–Trinajstić information content (AvgIpc) is 3.08. The van der Waals surface area contributed by atoms with E-state index >= 15 is 0 Å². The lowest BCUT2D eigenvalue weighted by Crippen LogP contribution is -2.29. The number of nitro groups is 1. The van der Waals surface area contributed by atoms with Crippen molar-refractivity contribution in [3.63, 3.8) is 0 Å². The molecule has 1 aliphatic heterocycles. The van der Waals surface area contributed by atoms with Crippen LogP contribution in [0.4, 0.5) is 11.4 Å². The minimum atomic E-state index is -0.441. The minimum Gasteiger partial charge on any atom is -0.497 e. The quantitative estimate of drug-likeness (QED) is 0.587. The number of fused-ring (bicyclic) bond motifs is 1. The van der Waals surface area contributed by atoms with E-state index in [4.69, 9.17) is 9.47 Å². The molecule has 0 atom stereocenters. The Morgan fingerprint density at radius 2 is 1.85 bits per heavy atom. The third-order valence-electron chi connectivity index (χ3n) is 4.52. The van der Waals surface area contributed by atoms with Crippen LogP contribution in [0, 0.1) is 10.1 Å². The van der Waals surface area contributed by atoms with Crippen molar-refractivity contribution in [2.75, 3.05) is 25.7 Å². The zero-order chi connectivity index (χ0) is 18.7. The zero-order valence-corrected chi connectivity index (χ0v) is 14.7. The van der Waals surface area contributed by atoms with Crippen molar-refractivity contribution in [3.8, 4) is 11.5 Å². The van der Waals surface area contributed by atoms with Crippen LogP contribution in [0.1, 0.15) is 17.5 Å². The number of non-ortho nitro benzene ring substituents is 1. The summed E-state index contributed by atoms with van der Waals surface area (Å²) in [6, 6.07) is 10.2. The van der Waals surface area contributed by atoms with Crippen molar-refractivity contribution < 1.29 is 19.2 Å². The predicted molar refractivity (Wildman–Crippen MR) is 97.0 cm³/mol. The van der Waals surface area contributed by atoms with Crippen molar-refractivity contribution in [2.24, 2.45) is 0 Å². The summed E-state index contributed by atoms with van der Waals surface area (Å²) in [7, 11) is 3.16. The topological polar surface area (TPSA) is 81.9 Å². The van der Waals surface area contributed by atoms with Gasteiger partial charge in [-0.05, 0) is 36.1 Å². The summed E-state index contributed by atoms with van der Waals surface area (Å²) in [5.74, 6) is 1.30. The van der Waals surface area contributed by atoms with Crippen molar-refractivity contribution in [2.45, 2.75) is 19.3 Å². The number of amides is 1. The van der Waals surface area contributed by atoms with Crippen LogP contribution in [0.3, 0.4) is 0 Å². The fraction of sp³-hybridized carbons (Fsp3) is 0.316. The molecule has 3 rings (SSSR count). The van der Waals surface area contributed by atoms with E-state index in [0.717, 1.165) is 11.1 Å². The highest BCUT2D eigenvalue weighted by Crippen LogP contribution is 2.32. The standard InChI is InChI=1S/C19H20N2O5/c1-25-16-9-13(10-17(12-16)26-2)3-6-19(22)20-8-7-14-4-5-15(21(23)24)11-18(14)20/h4-5,9-12H,3,6-8H2,1-2H3. The molecule has 7 nitrogen and oxygen atoms in total. The molecule has 136 valence electrons. The number of rotatable bonds is 6. The number of hydrogen-bond acceptors (Lipinski definition) is 5. The lowest BCUT2D eigenvalue weighted by molar-refractivity contribution is -0.384. The fourth-order valence-electron chi connectivity index (χ4n) is 3.14. The number of nitrogens with zero attached hydrogens (tertiary/aromatic N) is 2. The number of carbonyl (C=O) groups excluding carboxylic acids is 1. The Balaban J connectivity index is 1.73. The first-order chi connectivity index (χ1) is 12.5. The molecule has 0 bridgehead atoms. The normalized spacial score (nSPS) is 12.6. The van der Waals surface area contributed by atoms with Crippen LogP contribution in [0.15, 0.2) is 36.4 Å². The molecule has 2 aromatic carbocycles. The van der Waals surface area contributed by atoms with E-state index in [2.05, 4.69) is 0 Å². The van der Waals surface area contributed by atoms with Gasteiger partial charge in [-0.1, -0.05) is 6.07 Å². The second-order valence-corrected chi connectivity index (χ2v) is 6.09. The molecule has 0 aromatic heterocycles. The summed E-state index contributed by atoms with van der Waals surface area (Å²) in [6.07, 6.45) is 1.55. The Hall–Kier alpha value is -3.09. The summed E-state index contributed by atoms with van der Waals surface area (Å²) in [5.41, 5.74) is 2.55. The summed E-state index contributed by atoms with van der Waals surface area (Å²) >= 11 is 0. The first-order valence-corrected chi connectivity index (χ1v) is 8.31. The highest BCUT2D eigenvalue weighted by atomic mass is 16.6. The van der Waals surface area contributed by atoms with Crippen molar-refractivity contribution in [1.29, 1.82) is 0 Å². The number of nitro benzene ring substituents is 1. The number of benzene rings is 2. The second kappa shape index (κ2) is 7.43. The van der Waals surface area contributed by atoms with E-state index in [9.17, 15) is 14.9 Å². The molecule has 1 amide bonds. The van der Waals surface area contributed by atoms with Gasteiger partial charge in [-0.15, -0.1) is 0 Å². The Bertz CT molecular complexity index is 828. The van der Waals surface area contributed by atoms with E-state index in [0.29, 0.717) is 43.0 Å². The first kappa shape index (κ1) is 17.7. The molecule has 0 saturated carbocycles. The average molecular weight is 356 g/mol. The third-order valence-corrected chi connectivity index (χ3v) is 4.52. The van der Waals surface area contributed by atoms with Gasteiger partial charge in [0.05, 0.1) is 24.8 Å². The molecule has 1 heterocycles. The molecule has 1 aliphatic rings. The van der Waals surface area contributed by atoms with Crippen molar-refractivity contribution >= 4 is 17.3 Å². The second-order valence-electron chi connectivity index (χ2n) is 6.09. The Labute approximate surface area is 151 Å². The lowest BCUT2D eigenvalue weighted by Gasteiger charge is -2.17. The third kappa shape index (κ3) is 3.61. The van der Waals surface area contributed by atoms with Crippen LogP contribution in [0.25, 0.3) is 0 Å². The molecular weight excluding hydrogens is 336 g/mol. The summed E-state index contributed by atoms with van der Waals surface area (Å²) in [6.45, 7) is 0.552. The number of methoxy groups -OCH3 is 2. The summed E-state index contributed by atoms with van der Waals surface area (Å²) in [5, 5.41) is 11.0. The number of carbonyl (C=O) groups is 1. The van der Waals surface area contributed by atoms with Crippen LogP contribution in [-0.2, 0) is 17.6 Å². The van der Waals surface area contributed by atoms with Crippen LogP contribution in [0.5, 0.6) is 11.5 Å². The van der Waals surface area contributed by atoms with Gasteiger partial charge in [0.2, 0.25) is 5.91 Å². The predicted octanol–water partition coefficient (Wildman–Crippen LogP) is 3.13. The molecule has 2 aromatic rings. The Kier molecular flexibility index (Phi) is 5.06. The molecule has 0 spiro atoms. The fourth-order valence-corrected chi connectivity index (χ4v) is 3.14. The number of anilines is 1. The van der Waals surface area contributed by atoms with Gasteiger partial charge in [-0.25, -0.2) is 0 Å². The number of ether oxygens (including phenoxy) is 2. The first-order valence-electron chi connectivity index (χ1n) is 8.31. The zero-order valence-electron chi connectivity index (χ0n) is 14.7. The van der Waals surface area contributed by atoms with E-state index in [1.165, 1.54) is 12.1 Å². The van der Waals surface area contributed by atoms with E-state index in [-0.39, 0.29) is 11.6 Å². The maximum absolute atomic E-state index is 12.7. The molecule has 0 fully saturated rings. The van der Waals surface area contributed by atoms with E-state index in [1.54, 1.807) is 31.3 Å². The Morgan fingerprint density at radius 1 is 1.15 bits per heavy atom. The number of aryl methyl sites for hydroxylation is 1. The SMILES string of the molecule is COc1cc(CCC(=O)N2CCc3ccc([N+](=O)[O-])cc32)cc(OC)c1. The maximum atomic E-state index is 12.7. The molecule has 0 aliphatic carbocycles. The van der Waals surface area contributed by atoms with E-state index in [1.807, 2.05) is 12.1 Å². The van der Waals surface area contributed by atoms with Gasteiger partial charge in [-0.2, -0.15) is 0 Å². The van der Waals surface area contributed by atoms with Crippen LogP contribution >= 0.6 is 0 Å². The molecule has 0 N–H and O–H groups in total. The van der Waals surface area contributed by atoms with Crippen LogP contribution in [-0.4, -0.2) is 31.6 Å². The van der Waals surface area contributed by atoms with Gasteiger partial charge in [0.15, 0.2) is 0 Å². The van der Waals surface area contributed by atoms with Gasteiger partial charge in [0.25, 0.3) is 5.69 Å². The monoisotopic (exact) mass is 356 g/mol. The summed E-state index contributed by atoms with van der Waals surface area (Å²) < 4.78 is 10.5. The molecule has 0 unspecified atom stereocenters. The van der Waals surface area contributed by atoms with Crippen molar-refractivity contribution in [3.05, 3.63) is 57.6 Å². The van der Waals surface area contributed by atoms with Gasteiger partial charge >= 0.3 is 0 Å². The minimum absolute atomic E-state index is 0.000909. The highest BCUT2D eigenvalue weighted by molar-refractivity contribution is 5.96. The van der Waals surface area contributed by atoms with Gasteiger partial charge in [-0.3, -0.25) is 14.9 Å². The Morgan fingerprint density at radius 3 is 2.46 bits per heavy atom. The largest absolute Gasteiger partial charge is 0.497 e. The highest BCUT2D eigenvalue weighted by Gasteiger charge is 2.26.